The van der Waals surface area contributed by atoms with Crippen molar-refractivity contribution in [3.63, 3.8) is 0 Å². The summed E-state index contributed by atoms with van der Waals surface area (Å²) in [5.41, 5.74) is 3.25. The van der Waals surface area contributed by atoms with Crippen molar-refractivity contribution in [2.45, 2.75) is 25.6 Å². The Morgan fingerprint density at radius 1 is 0.829 bits per heavy atom. The lowest BCUT2D eigenvalue weighted by atomic mass is 9.80. The molecule has 0 amide bonds. The molecule has 0 aliphatic rings. The number of rotatable bonds is 6. The summed E-state index contributed by atoms with van der Waals surface area (Å²) in [7, 11) is 0. The van der Waals surface area contributed by atoms with Gasteiger partial charge in [-0.05, 0) is 66.9 Å². The molecule has 35 heavy (non-hydrogen) atoms. The molecule has 0 saturated heterocycles. The number of benzene rings is 3. The monoisotopic (exact) mass is 480 g/mol. The van der Waals surface area contributed by atoms with E-state index in [1.54, 1.807) is 24.5 Å². The largest absolute Gasteiger partial charge is 0.474 e. The van der Waals surface area contributed by atoms with Crippen LogP contribution in [0.2, 0.25) is 5.02 Å². The quantitative estimate of drug-likeness (QED) is 0.283. The summed E-state index contributed by atoms with van der Waals surface area (Å²) in [5.74, 6) is 0.587. The third kappa shape index (κ3) is 4.51. The summed E-state index contributed by atoms with van der Waals surface area (Å²) in [6.45, 7) is 3.98. The number of aromatic nitrogens is 2. The zero-order valence-electron chi connectivity index (χ0n) is 19.5. The smallest absolute Gasteiger partial charge is 0.222 e. The van der Waals surface area contributed by atoms with Crippen LogP contribution in [0.1, 0.15) is 30.5 Å². The predicted molar refractivity (Wildman–Crippen MR) is 141 cm³/mol. The van der Waals surface area contributed by atoms with E-state index in [4.69, 9.17) is 21.3 Å². The molecule has 5 aromatic rings. The second kappa shape index (κ2) is 9.49. The zero-order chi connectivity index (χ0) is 24.4. The van der Waals surface area contributed by atoms with Gasteiger partial charge in [0.05, 0.1) is 11.6 Å². The Hall–Kier alpha value is -3.73. The van der Waals surface area contributed by atoms with Crippen LogP contribution in [0.3, 0.4) is 0 Å². The van der Waals surface area contributed by atoms with Crippen molar-refractivity contribution in [3.05, 3.63) is 125 Å². The van der Waals surface area contributed by atoms with Gasteiger partial charge in [0.1, 0.15) is 5.60 Å². The van der Waals surface area contributed by atoms with Gasteiger partial charge in [-0.3, -0.25) is 4.98 Å². The van der Waals surface area contributed by atoms with Crippen molar-refractivity contribution < 1.29 is 9.84 Å². The lowest BCUT2D eigenvalue weighted by Crippen LogP contribution is -2.29. The molecule has 0 fully saturated rings. The zero-order valence-corrected chi connectivity index (χ0v) is 20.3. The highest BCUT2D eigenvalue weighted by Gasteiger charge is 2.34. The van der Waals surface area contributed by atoms with Crippen LogP contribution in [0, 0.1) is 0 Å². The lowest BCUT2D eigenvalue weighted by Gasteiger charge is -2.30. The average Bonchev–Trinajstić information content (AvgIpc) is 2.88. The van der Waals surface area contributed by atoms with E-state index in [2.05, 4.69) is 11.1 Å². The summed E-state index contributed by atoms with van der Waals surface area (Å²) in [6.07, 6.45) is 3.35. The third-order valence-corrected chi connectivity index (χ3v) is 6.19. The van der Waals surface area contributed by atoms with E-state index < -0.39 is 5.60 Å². The molecule has 1 unspecified atom stereocenters. The number of nitrogens with zero attached hydrogens (tertiary/aromatic N) is 2. The van der Waals surface area contributed by atoms with Crippen LogP contribution >= 0.6 is 11.6 Å². The highest BCUT2D eigenvalue weighted by atomic mass is 35.5. The van der Waals surface area contributed by atoms with Gasteiger partial charge in [-0.15, -0.1) is 0 Å². The Kier molecular flexibility index (Phi) is 6.25. The van der Waals surface area contributed by atoms with Gasteiger partial charge in [0, 0.05) is 33.9 Å². The molecular formula is C30H25ClN2O2. The molecule has 2 heterocycles. The van der Waals surface area contributed by atoms with E-state index >= 15 is 0 Å². The second-order valence-corrected chi connectivity index (χ2v) is 9.18. The van der Waals surface area contributed by atoms with Gasteiger partial charge in [-0.1, -0.05) is 66.2 Å². The summed E-state index contributed by atoms with van der Waals surface area (Å²) in [5, 5.41) is 13.7. The number of hydrogen-bond acceptors (Lipinski definition) is 4. The van der Waals surface area contributed by atoms with E-state index in [0.29, 0.717) is 27.6 Å². The maximum Gasteiger partial charge on any atom is 0.222 e. The highest BCUT2D eigenvalue weighted by molar-refractivity contribution is 6.30. The van der Waals surface area contributed by atoms with E-state index in [1.165, 1.54) is 0 Å². The summed E-state index contributed by atoms with van der Waals surface area (Å²) < 4.78 is 6.07. The molecule has 5 heteroatoms. The van der Waals surface area contributed by atoms with Gasteiger partial charge in [0.15, 0.2) is 0 Å². The van der Waals surface area contributed by atoms with Gasteiger partial charge in [-0.25, -0.2) is 4.98 Å². The molecule has 1 atom stereocenters. The van der Waals surface area contributed by atoms with Crippen LogP contribution in [0.25, 0.3) is 22.0 Å². The molecular weight excluding hydrogens is 456 g/mol. The third-order valence-electron chi connectivity index (χ3n) is 5.95. The van der Waals surface area contributed by atoms with Gasteiger partial charge in [-0.2, -0.15) is 0 Å². The fraction of sp³-hybridized carbons (Fsp3) is 0.133. The highest BCUT2D eigenvalue weighted by Crippen LogP contribution is 2.39. The molecule has 4 nitrogen and oxygen atoms in total. The SMILES string of the molecule is CC(C)Oc1nc2ccc(C(O)(c3cccnc3)c3cccc(Cl)c3)cc2cc1-c1ccccc1. The molecule has 0 spiro atoms. The van der Waals surface area contributed by atoms with Crippen molar-refractivity contribution in [1.29, 1.82) is 0 Å². The van der Waals surface area contributed by atoms with Crippen LogP contribution in [0.15, 0.2) is 103 Å². The number of fused-ring (bicyclic) bond motifs is 1. The maximum absolute atomic E-state index is 12.2. The number of hydrogen-bond donors (Lipinski definition) is 1. The first-order valence-corrected chi connectivity index (χ1v) is 11.9. The summed E-state index contributed by atoms with van der Waals surface area (Å²) in [6, 6.07) is 28.9. The molecule has 1 N–H and O–H groups in total. The average molecular weight is 481 g/mol. The fourth-order valence-electron chi connectivity index (χ4n) is 4.31. The molecule has 0 bridgehead atoms. The van der Waals surface area contributed by atoms with Crippen molar-refractivity contribution in [2.75, 3.05) is 0 Å². The Balaban J connectivity index is 1.73. The Morgan fingerprint density at radius 3 is 2.31 bits per heavy atom. The Labute approximate surface area is 209 Å². The van der Waals surface area contributed by atoms with E-state index in [1.807, 2.05) is 86.6 Å². The van der Waals surface area contributed by atoms with Crippen molar-refractivity contribution in [3.8, 4) is 17.0 Å². The van der Waals surface area contributed by atoms with Gasteiger partial charge in [0.25, 0.3) is 0 Å². The van der Waals surface area contributed by atoms with Crippen LogP contribution < -0.4 is 4.74 Å². The van der Waals surface area contributed by atoms with Crippen LogP contribution in [-0.2, 0) is 5.60 Å². The number of aliphatic hydroxyl groups is 1. The second-order valence-electron chi connectivity index (χ2n) is 8.74. The van der Waals surface area contributed by atoms with Crippen LogP contribution in [0.5, 0.6) is 5.88 Å². The lowest BCUT2D eigenvalue weighted by molar-refractivity contribution is 0.125. The molecule has 174 valence electrons. The fourth-order valence-corrected chi connectivity index (χ4v) is 4.50. The molecule has 3 aromatic carbocycles. The molecule has 2 aromatic heterocycles. The first-order chi connectivity index (χ1) is 16.9. The first kappa shape index (κ1) is 23.0. The van der Waals surface area contributed by atoms with Crippen molar-refractivity contribution in [1.82, 2.24) is 9.97 Å². The van der Waals surface area contributed by atoms with Crippen LogP contribution in [0.4, 0.5) is 0 Å². The topological polar surface area (TPSA) is 55.2 Å². The van der Waals surface area contributed by atoms with Crippen molar-refractivity contribution in [2.24, 2.45) is 0 Å². The standard InChI is InChI=1S/C30H25ClN2O2/c1-20(2)35-29-27(21-8-4-3-5-9-21)17-22-16-24(13-14-28(22)33-29)30(34,25-11-7-15-32-19-25)23-10-6-12-26(31)18-23/h3-20,34H,1-2H3. The molecule has 0 radical (unpaired) electrons. The first-order valence-electron chi connectivity index (χ1n) is 11.5. The van der Waals surface area contributed by atoms with E-state index in [0.717, 1.165) is 22.0 Å². The number of ether oxygens (including phenoxy) is 1. The number of halogens is 1. The minimum atomic E-state index is -1.45. The molecule has 5 rings (SSSR count). The van der Waals surface area contributed by atoms with Gasteiger partial charge < -0.3 is 9.84 Å². The Morgan fingerprint density at radius 2 is 1.60 bits per heavy atom. The van der Waals surface area contributed by atoms with Gasteiger partial charge in [0.2, 0.25) is 5.88 Å². The molecule has 0 saturated carbocycles. The van der Waals surface area contributed by atoms with Crippen LogP contribution in [-0.4, -0.2) is 21.2 Å². The normalized spacial score (nSPS) is 13.1. The summed E-state index contributed by atoms with van der Waals surface area (Å²) >= 11 is 6.32. The van der Waals surface area contributed by atoms with Crippen molar-refractivity contribution >= 4 is 22.5 Å². The molecule has 0 aliphatic carbocycles. The number of pyridine rings is 2. The maximum atomic E-state index is 12.2. The molecule has 0 aliphatic heterocycles. The minimum absolute atomic E-state index is 0.0137. The minimum Gasteiger partial charge on any atom is -0.474 e. The van der Waals surface area contributed by atoms with E-state index in [-0.39, 0.29) is 6.10 Å². The van der Waals surface area contributed by atoms with E-state index in [9.17, 15) is 5.11 Å². The van der Waals surface area contributed by atoms with Gasteiger partial charge >= 0.3 is 0 Å². The Bertz CT molecular complexity index is 1470. The summed E-state index contributed by atoms with van der Waals surface area (Å²) in [4.78, 5) is 9.09. The predicted octanol–water partition coefficient (Wildman–Crippen LogP) is 7.02.